The van der Waals surface area contributed by atoms with Crippen molar-refractivity contribution in [3.63, 3.8) is 0 Å². The van der Waals surface area contributed by atoms with E-state index in [1.54, 1.807) is 18.5 Å². The van der Waals surface area contributed by atoms with Crippen LogP contribution in [0.5, 0.6) is 0 Å². The second-order valence-corrected chi connectivity index (χ2v) is 7.90. The van der Waals surface area contributed by atoms with E-state index in [2.05, 4.69) is 35.0 Å². The number of imidazole rings is 1. The second kappa shape index (κ2) is 7.44. The normalized spacial score (nSPS) is 14.6. The van der Waals surface area contributed by atoms with E-state index in [0.717, 1.165) is 46.5 Å². The zero-order valence-corrected chi connectivity index (χ0v) is 17.1. The van der Waals surface area contributed by atoms with Crippen molar-refractivity contribution < 1.29 is 4.79 Å². The van der Waals surface area contributed by atoms with Gasteiger partial charge in [-0.05, 0) is 44.9 Å². The molecule has 3 aromatic heterocycles. The topological polar surface area (TPSA) is 98.5 Å². The third-order valence-electron chi connectivity index (χ3n) is 5.79. The smallest absolute Gasteiger partial charge is 0.251 e. The fourth-order valence-corrected chi connectivity index (χ4v) is 4.30. The van der Waals surface area contributed by atoms with Gasteiger partial charge in [0.1, 0.15) is 5.82 Å². The molecule has 1 fully saturated rings. The zero-order chi connectivity index (χ0) is 20.7. The van der Waals surface area contributed by atoms with Gasteiger partial charge in [-0.2, -0.15) is 0 Å². The minimum Gasteiger partial charge on any atom is -0.346 e. The molecule has 152 valence electrons. The summed E-state index contributed by atoms with van der Waals surface area (Å²) in [5.41, 5.74) is 4.52. The third kappa shape index (κ3) is 3.28. The Morgan fingerprint density at radius 2 is 1.97 bits per heavy atom. The van der Waals surface area contributed by atoms with Crippen LogP contribution in [0.1, 0.15) is 59.3 Å². The minimum atomic E-state index is -0.159. The quantitative estimate of drug-likeness (QED) is 0.562. The van der Waals surface area contributed by atoms with E-state index in [-0.39, 0.29) is 5.91 Å². The number of rotatable bonds is 4. The fraction of sp³-hybridized carbons (Fsp3) is 0.364. The second-order valence-electron chi connectivity index (χ2n) is 7.90. The first-order valence-corrected chi connectivity index (χ1v) is 10.3. The van der Waals surface area contributed by atoms with Crippen molar-refractivity contribution in [2.24, 2.45) is 0 Å². The fourth-order valence-electron chi connectivity index (χ4n) is 4.30. The van der Waals surface area contributed by atoms with E-state index in [9.17, 15) is 4.79 Å². The molecule has 1 aliphatic rings. The van der Waals surface area contributed by atoms with Crippen molar-refractivity contribution in [3.8, 4) is 0 Å². The number of amides is 1. The molecule has 0 radical (unpaired) electrons. The van der Waals surface area contributed by atoms with E-state index >= 15 is 0 Å². The average molecular weight is 401 g/mol. The van der Waals surface area contributed by atoms with Crippen LogP contribution >= 0.6 is 0 Å². The number of fused-ring (bicyclic) bond motifs is 3. The van der Waals surface area contributed by atoms with Crippen molar-refractivity contribution >= 4 is 28.0 Å². The summed E-state index contributed by atoms with van der Waals surface area (Å²) in [7, 11) is 0. The maximum atomic E-state index is 12.8. The average Bonchev–Trinajstić information content (AvgIpc) is 3.39. The lowest BCUT2D eigenvalue weighted by Crippen LogP contribution is -2.23. The Kier molecular flexibility index (Phi) is 4.61. The molecule has 0 bridgehead atoms. The van der Waals surface area contributed by atoms with Gasteiger partial charge in [-0.1, -0.05) is 12.8 Å². The molecule has 0 aliphatic heterocycles. The molecule has 0 saturated heterocycles. The molecule has 1 aliphatic carbocycles. The SMILES string of the molecule is Cc1cnc(CNC(=O)c2ccc3nnc4nc(C)n(C5CCCC5)c4c3c2)cn1. The van der Waals surface area contributed by atoms with Gasteiger partial charge in [-0.3, -0.25) is 14.8 Å². The summed E-state index contributed by atoms with van der Waals surface area (Å²) in [5, 5.41) is 12.5. The van der Waals surface area contributed by atoms with Gasteiger partial charge in [0, 0.05) is 23.2 Å². The van der Waals surface area contributed by atoms with Crippen molar-refractivity contribution in [1.82, 2.24) is 35.0 Å². The first-order valence-electron chi connectivity index (χ1n) is 10.3. The number of hydrogen-bond donors (Lipinski definition) is 1. The van der Waals surface area contributed by atoms with Gasteiger partial charge in [-0.15, -0.1) is 10.2 Å². The Labute approximate surface area is 173 Å². The van der Waals surface area contributed by atoms with Gasteiger partial charge >= 0.3 is 0 Å². The van der Waals surface area contributed by atoms with Crippen LogP contribution in [0.4, 0.5) is 0 Å². The highest BCUT2D eigenvalue weighted by Crippen LogP contribution is 2.35. The molecule has 8 heteroatoms. The number of hydrogen-bond acceptors (Lipinski definition) is 6. The van der Waals surface area contributed by atoms with E-state index in [1.165, 1.54) is 12.8 Å². The predicted octanol–water partition coefficient (Wildman–Crippen LogP) is 3.43. The first-order chi connectivity index (χ1) is 14.6. The lowest BCUT2D eigenvalue weighted by molar-refractivity contribution is 0.0950. The summed E-state index contributed by atoms with van der Waals surface area (Å²) in [4.78, 5) is 25.9. The number of nitrogens with zero attached hydrogens (tertiary/aromatic N) is 6. The van der Waals surface area contributed by atoms with Crippen molar-refractivity contribution in [2.75, 3.05) is 0 Å². The first kappa shape index (κ1) is 18.6. The Balaban J connectivity index is 1.51. The van der Waals surface area contributed by atoms with Gasteiger partial charge in [0.2, 0.25) is 5.65 Å². The van der Waals surface area contributed by atoms with E-state index in [4.69, 9.17) is 0 Å². The van der Waals surface area contributed by atoms with Crippen LogP contribution in [0, 0.1) is 13.8 Å². The summed E-state index contributed by atoms with van der Waals surface area (Å²) in [5.74, 6) is 0.791. The summed E-state index contributed by atoms with van der Waals surface area (Å²) in [6, 6.07) is 5.96. The molecule has 1 N–H and O–H groups in total. The van der Waals surface area contributed by atoms with Crippen LogP contribution in [0.2, 0.25) is 0 Å². The molecular formula is C22H23N7O. The van der Waals surface area contributed by atoms with Crippen LogP contribution in [-0.4, -0.2) is 35.6 Å². The highest BCUT2D eigenvalue weighted by molar-refractivity contribution is 6.05. The molecule has 5 rings (SSSR count). The predicted molar refractivity (Wildman–Crippen MR) is 113 cm³/mol. The van der Waals surface area contributed by atoms with Crippen molar-refractivity contribution in [2.45, 2.75) is 52.1 Å². The molecule has 4 aromatic rings. The van der Waals surface area contributed by atoms with Crippen LogP contribution in [-0.2, 0) is 6.54 Å². The highest BCUT2D eigenvalue weighted by atomic mass is 16.1. The Morgan fingerprint density at radius 3 is 2.73 bits per heavy atom. The zero-order valence-electron chi connectivity index (χ0n) is 17.1. The number of aromatic nitrogens is 6. The van der Waals surface area contributed by atoms with Gasteiger partial charge in [-0.25, -0.2) is 4.98 Å². The Bertz CT molecular complexity index is 1240. The van der Waals surface area contributed by atoms with Crippen molar-refractivity contribution in [3.05, 3.63) is 53.4 Å². The Morgan fingerprint density at radius 1 is 1.13 bits per heavy atom. The number of carbonyl (C=O) groups is 1. The largest absolute Gasteiger partial charge is 0.346 e. The molecule has 0 spiro atoms. The number of carbonyl (C=O) groups excluding carboxylic acids is 1. The maximum Gasteiger partial charge on any atom is 0.251 e. The van der Waals surface area contributed by atoms with Crippen LogP contribution < -0.4 is 5.32 Å². The van der Waals surface area contributed by atoms with Crippen LogP contribution in [0.3, 0.4) is 0 Å². The van der Waals surface area contributed by atoms with Crippen LogP contribution in [0.25, 0.3) is 22.1 Å². The molecule has 0 unspecified atom stereocenters. The van der Waals surface area contributed by atoms with Gasteiger partial charge in [0.05, 0.1) is 35.2 Å². The third-order valence-corrected chi connectivity index (χ3v) is 5.79. The molecule has 0 atom stereocenters. The summed E-state index contributed by atoms with van der Waals surface area (Å²) < 4.78 is 2.29. The van der Waals surface area contributed by atoms with E-state index < -0.39 is 0 Å². The molecule has 8 nitrogen and oxygen atoms in total. The van der Waals surface area contributed by atoms with Crippen LogP contribution in [0.15, 0.2) is 30.6 Å². The molecule has 30 heavy (non-hydrogen) atoms. The molecule has 1 aromatic carbocycles. The molecule has 1 saturated carbocycles. The molecule has 3 heterocycles. The number of nitrogens with one attached hydrogen (secondary N) is 1. The summed E-state index contributed by atoms with van der Waals surface area (Å²) in [6.07, 6.45) is 8.13. The molecule has 1 amide bonds. The van der Waals surface area contributed by atoms with Gasteiger partial charge in [0.15, 0.2) is 0 Å². The summed E-state index contributed by atoms with van der Waals surface area (Å²) >= 11 is 0. The van der Waals surface area contributed by atoms with E-state index in [1.807, 2.05) is 26.0 Å². The highest BCUT2D eigenvalue weighted by Gasteiger charge is 2.23. The number of aryl methyl sites for hydroxylation is 2. The Hall–Kier alpha value is -3.42. The number of benzene rings is 1. The standard InChI is InChI=1S/C22H23N7O/c1-13-10-24-16(11-23-13)12-25-22(30)15-7-8-19-18(9-15)20-21(28-27-19)26-14(2)29(20)17-5-3-4-6-17/h7-11,17H,3-6,12H2,1-2H3,(H,25,30). The lowest BCUT2D eigenvalue weighted by atomic mass is 10.1. The lowest BCUT2D eigenvalue weighted by Gasteiger charge is -2.15. The van der Waals surface area contributed by atoms with Gasteiger partial charge in [0.25, 0.3) is 5.91 Å². The molecular weight excluding hydrogens is 378 g/mol. The maximum absolute atomic E-state index is 12.8. The minimum absolute atomic E-state index is 0.159. The van der Waals surface area contributed by atoms with Crippen molar-refractivity contribution in [1.29, 1.82) is 0 Å². The monoisotopic (exact) mass is 401 g/mol. The van der Waals surface area contributed by atoms with Gasteiger partial charge < -0.3 is 9.88 Å². The summed E-state index contributed by atoms with van der Waals surface area (Å²) in [6.45, 7) is 4.23. The van der Waals surface area contributed by atoms with E-state index in [0.29, 0.717) is 23.8 Å².